The highest BCUT2D eigenvalue weighted by molar-refractivity contribution is 6.29. The van der Waals surface area contributed by atoms with Crippen LogP contribution in [0.2, 0.25) is 0 Å². The van der Waals surface area contributed by atoms with Crippen LogP contribution < -0.4 is 4.74 Å². The van der Waals surface area contributed by atoms with E-state index in [2.05, 4.69) is 0 Å². The Morgan fingerprint density at radius 3 is 2.39 bits per heavy atom. The molecule has 0 spiro atoms. The van der Waals surface area contributed by atoms with Crippen molar-refractivity contribution in [3.63, 3.8) is 0 Å². The van der Waals surface area contributed by atoms with Gasteiger partial charge in [0.05, 0.1) is 43.3 Å². The summed E-state index contributed by atoms with van der Waals surface area (Å²) >= 11 is 0. The van der Waals surface area contributed by atoms with Gasteiger partial charge in [0, 0.05) is 27.8 Å². The second-order valence-corrected chi connectivity index (χ2v) is 9.68. The molecule has 0 bridgehead atoms. The van der Waals surface area contributed by atoms with E-state index in [-0.39, 0.29) is 56.9 Å². The molecule has 1 aromatic heterocycles. The van der Waals surface area contributed by atoms with Crippen LogP contribution in [0.15, 0.2) is 58.2 Å². The maximum atomic E-state index is 13.9. The second kappa shape index (κ2) is 9.49. The van der Waals surface area contributed by atoms with Crippen LogP contribution in [0.25, 0.3) is 21.7 Å². The van der Waals surface area contributed by atoms with Crippen molar-refractivity contribution in [3.05, 3.63) is 76.2 Å². The lowest BCUT2D eigenvalue weighted by Gasteiger charge is -2.35. The zero-order chi connectivity index (χ0) is 29.2. The molecule has 0 fully saturated rings. The summed E-state index contributed by atoms with van der Waals surface area (Å²) in [6, 6.07) is 10.1. The lowest BCUT2D eigenvalue weighted by molar-refractivity contribution is -0.143. The van der Waals surface area contributed by atoms with Gasteiger partial charge < -0.3 is 33.9 Å². The second-order valence-electron chi connectivity index (χ2n) is 9.68. The molecule has 0 radical (unpaired) electrons. The Morgan fingerprint density at radius 1 is 0.951 bits per heavy atom. The molecule has 3 N–H and O–H groups in total. The Bertz CT molecular complexity index is 1860. The van der Waals surface area contributed by atoms with E-state index in [1.165, 1.54) is 37.4 Å². The highest BCUT2D eigenvalue weighted by Gasteiger charge is 2.47. The molecule has 0 unspecified atom stereocenters. The first-order valence-corrected chi connectivity index (χ1v) is 12.5. The number of allylic oxidation sites excluding steroid dienone is 1. The predicted molar refractivity (Wildman–Crippen MR) is 141 cm³/mol. The number of fused-ring (bicyclic) bond motifs is 7. The van der Waals surface area contributed by atoms with Crippen molar-refractivity contribution in [3.8, 4) is 17.2 Å². The Labute approximate surface area is 231 Å². The molecule has 0 saturated heterocycles. The molecular formula is C30H22O11. The number of rotatable bonds is 5. The summed E-state index contributed by atoms with van der Waals surface area (Å²) in [5.41, 5.74) is -0.227. The summed E-state index contributed by atoms with van der Waals surface area (Å²) in [5, 5.41) is 33.7. The van der Waals surface area contributed by atoms with E-state index in [4.69, 9.17) is 18.6 Å². The van der Waals surface area contributed by atoms with Gasteiger partial charge in [-0.15, -0.1) is 0 Å². The number of benzene rings is 3. The number of aromatic hydroxyl groups is 2. The van der Waals surface area contributed by atoms with Crippen LogP contribution in [0, 0.1) is 0 Å². The average molecular weight is 558 g/mol. The number of hydrogen-bond donors (Lipinski definition) is 3. The van der Waals surface area contributed by atoms with E-state index >= 15 is 0 Å². The van der Waals surface area contributed by atoms with Crippen LogP contribution in [0.1, 0.15) is 44.4 Å². The summed E-state index contributed by atoms with van der Waals surface area (Å²) in [7, 11) is 2.37. The number of phenolic OH excluding ortho intramolecular Hbond substituents is 2. The highest BCUT2D eigenvalue weighted by Crippen LogP contribution is 2.54. The van der Waals surface area contributed by atoms with Crippen molar-refractivity contribution in [2.45, 2.75) is 24.9 Å². The van der Waals surface area contributed by atoms with Gasteiger partial charge in [0.25, 0.3) is 0 Å². The van der Waals surface area contributed by atoms with Gasteiger partial charge in [-0.05, 0) is 18.2 Å². The molecule has 2 aliphatic rings. The van der Waals surface area contributed by atoms with Crippen molar-refractivity contribution in [2.24, 2.45) is 0 Å². The maximum absolute atomic E-state index is 13.9. The van der Waals surface area contributed by atoms with Crippen molar-refractivity contribution in [1.29, 1.82) is 0 Å². The molecule has 41 heavy (non-hydrogen) atoms. The molecule has 6 rings (SSSR count). The third-order valence-electron chi connectivity index (χ3n) is 7.40. The number of carbonyl (C=O) groups is 4. The van der Waals surface area contributed by atoms with Gasteiger partial charge in [0.1, 0.15) is 35.0 Å². The minimum Gasteiger partial charge on any atom is -0.507 e. The van der Waals surface area contributed by atoms with Crippen molar-refractivity contribution in [2.75, 3.05) is 14.2 Å². The Morgan fingerprint density at radius 2 is 1.66 bits per heavy atom. The van der Waals surface area contributed by atoms with Crippen LogP contribution in [0.4, 0.5) is 0 Å². The van der Waals surface area contributed by atoms with E-state index in [1.807, 2.05) is 0 Å². The number of carbonyl (C=O) groups excluding carboxylic acids is 4. The average Bonchev–Trinajstić information content (AvgIpc) is 3.38. The molecule has 0 saturated carbocycles. The largest absolute Gasteiger partial charge is 0.507 e. The lowest BCUT2D eigenvalue weighted by Crippen LogP contribution is -2.36. The molecule has 2 heterocycles. The number of hydrogen-bond acceptors (Lipinski definition) is 11. The third kappa shape index (κ3) is 3.85. The smallest absolute Gasteiger partial charge is 0.313 e. The van der Waals surface area contributed by atoms with Gasteiger partial charge in [-0.2, -0.15) is 0 Å². The van der Waals surface area contributed by atoms with Gasteiger partial charge in [-0.25, -0.2) is 0 Å². The molecular weight excluding hydrogens is 536 g/mol. The van der Waals surface area contributed by atoms with E-state index < -0.39 is 53.5 Å². The fourth-order valence-corrected chi connectivity index (χ4v) is 5.62. The number of methoxy groups -OCH3 is 2. The zero-order valence-corrected chi connectivity index (χ0v) is 21.7. The van der Waals surface area contributed by atoms with Crippen LogP contribution in [-0.2, 0) is 25.5 Å². The zero-order valence-electron chi connectivity index (χ0n) is 21.7. The van der Waals surface area contributed by atoms with Crippen LogP contribution >= 0.6 is 0 Å². The predicted octanol–water partition coefficient (Wildman–Crippen LogP) is 3.45. The summed E-state index contributed by atoms with van der Waals surface area (Å²) in [6.07, 6.45) is -2.40. The van der Waals surface area contributed by atoms with Crippen LogP contribution in [0.3, 0.4) is 0 Å². The highest BCUT2D eigenvalue weighted by atomic mass is 16.5. The maximum Gasteiger partial charge on any atom is 0.313 e. The van der Waals surface area contributed by atoms with Crippen molar-refractivity contribution < 1.29 is 53.1 Å². The summed E-state index contributed by atoms with van der Waals surface area (Å²) in [4.78, 5) is 52.0. The summed E-state index contributed by atoms with van der Waals surface area (Å²) in [6.45, 7) is 0. The van der Waals surface area contributed by atoms with Crippen molar-refractivity contribution in [1.82, 2.24) is 0 Å². The molecule has 11 nitrogen and oxygen atoms in total. The van der Waals surface area contributed by atoms with E-state index in [0.717, 1.165) is 7.11 Å². The van der Waals surface area contributed by atoms with Gasteiger partial charge in [0.2, 0.25) is 5.78 Å². The molecule has 1 aliphatic carbocycles. The molecule has 208 valence electrons. The number of aliphatic hydroxyl groups is 1. The fraction of sp³-hybridized carbons (Fsp3) is 0.200. The normalized spacial score (nSPS) is 16.6. The van der Waals surface area contributed by atoms with Crippen LogP contribution in [0.5, 0.6) is 17.2 Å². The first kappa shape index (κ1) is 26.1. The fourth-order valence-electron chi connectivity index (χ4n) is 5.62. The summed E-state index contributed by atoms with van der Waals surface area (Å²) < 4.78 is 21.7. The van der Waals surface area contributed by atoms with Crippen molar-refractivity contribution >= 4 is 45.2 Å². The molecule has 1 aliphatic heterocycles. The quantitative estimate of drug-likeness (QED) is 0.307. The number of aliphatic hydroxyl groups excluding tert-OH is 1. The van der Waals surface area contributed by atoms with Crippen LogP contribution in [-0.4, -0.2) is 59.1 Å². The molecule has 0 amide bonds. The SMILES string of the molecule is COC(=O)Cc1cc2c3c(c4c(O)cccc4c2o1)OC1=C(C(=O)c2cccc(O)c2C1=O)[C@H]3[C@H](O)CC(=O)OC. The first-order valence-electron chi connectivity index (χ1n) is 12.5. The first-order chi connectivity index (χ1) is 19.7. The number of ether oxygens (including phenoxy) is 3. The Hall–Kier alpha value is -5.16. The molecule has 11 heteroatoms. The third-order valence-corrected chi connectivity index (χ3v) is 7.40. The molecule has 4 aromatic rings. The summed E-state index contributed by atoms with van der Waals surface area (Å²) in [5.74, 6) is -5.21. The number of esters is 2. The van der Waals surface area contributed by atoms with E-state index in [1.54, 1.807) is 12.1 Å². The minimum atomic E-state index is -1.60. The van der Waals surface area contributed by atoms with E-state index in [9.17, 15) is 34.5 Å². The lowest BCUT2D eigenvalue weighted by atomic mass is 9.73. The Kier molecular flexibility index (Phi) is 6.04. The number of furan rings is 1. The topological polar surface area (TPSA) is 170 Å². The van der Waals surface area contributed by atoms with E-state index in [0.29, 0.717) is 10.8 Å². The number of ketones is 2. The monoisotopic (exact) mass is 558 g/mol. The Balaban J connectivity index is 1.70. The van der Waals surface area contributed by atoms with Gasteiger partial charge in [-0.1, -0.05) is 24.3 Å². The number of Topliss-reactive ketones (excluding diaryl/α,β-unsaturated/α-hetero) is 2. The van der Waals surface area contributed by atoms with Gasteiger partial charge in [-0.3, -0.25) is 19.2 Å². The van der Waals surface area contributed by atoms with Gasteiger partial charge in [0.15, 0.2) is 11.5 Å². The van der Waals surface area contributed by atoms with Gasteiger partial charge >= 0.3 is 11.9 Å². The minimum absolute atomic E-state index is 0.0521. The number of phenols is 2. The molecule has 2 atom stereocenters. The molecule has 3 aromatic carbocycles. The standard InChI is InChI=1S/C30H22O11/c1-38-19(34)10-12-9-15-23-24(18(33)11-20(35)39-2)25-26(36)13-5-3-7-16(31)21(13)27(37)30(25)41-29(23)22-14(28(15)40-12)6-4-8-17(22)32/h3-9,18,24,31-33H,10-11H2,1-2H3/t18-,24+/m1/s1.